The Hall–Kier alpha value is -2.53. The predicted octanol–water partition coefficient (Wildman–Crippen LogP) is 0.922. The van der Waals surface area contributed by atoms with Crippen LogP contribution in [-0.2, 0) is 6.54 Å². The molecule has 1 aliphatic heterocycles. The highest BCUT2D eigenvalue weighted by Crippen LogP contribution is 2.40. The Kier molecular flexibility index (Phi) is 3.50. The molecular formula is C17H17NO4. The quantitative estimate of drug-likeness (QED) is 0.856. The van der Waals surface area contributed by atoms with E-state index in [0.29, 0.717) is 34.7 Å². The molecule has 5 heteroatoms. The number of benzene rings is 1. The number of rotatable bonds is 3. The van der Waals surface area contributed by atoms with Gasteiger partial charge in [-0.15, -0.1) is 0 Å². The summed E-state index contributed by atoms with van der Waals surface area (Å²) in [4.78, 5) is 13.6. The molecule has 0 fully saturated rings. The monoisotopic (exact) mass is 299 g/mol. The highest BCUT2D eigenvalue weighted by molar-refractivity contribution is 6.15. The first-order valence-electron chi connectivity index (χ1n) is 7.07. The molecule has 2 heterocycles. The summed E-state index contributed by atoms with van der Waals surface area (Å²) in [5, 5.41) is 12.2. The van der Waals surface area contributed by atoms with Gasteiger partial charge in [0.15, 0.2) is 5.76 Å². The van der Waals surface area contributed by atoms with Crippen LogP contribution in [0.15, 0.2) is 34.6 Å². The normalized spacial score (nSPS) is 15.5. The van der Waals surface area contributed by atoms with Crippen molar-refractivity contribution in [3.05, 3.63) is 52.7 Å². The van der Waals surface area contributed by atoms with E-state index in [1.54, 1.807) is 25.1 Å². The van der Waals surface area contributed by atoms with Crippen molar-refractivity contribution in [2.75, 3.05) is 14.1 Å². The Labute approximate surface area is 128 Å². The molecule has 1 N–H and O–H groups in total. The molecule has 1 aliphatic rings. The molecule has 5 nitrogen and oxygen atoms in total. The summed E-state index contributed by atoms with van der Waals surface area (Å²) < 4.78 is 10.9. The standard InChI is InChI=1S/C17H17NO4/c1-10-7-13(19)12(9-18(2)3)17-15(10)16(20)14(22-17)8-11-5-4-6-21-11/h4-8,19H,9H2,1-3H3. The molecule has 0 spiro atoms. The number of carbonyl (C=O) groups excluding carboxylic acids is 1. The van der Waals surface area contributed by atoms with Crippen LogP contribution in [0.1, 0.15) is 27.2 Å². The Balaban J connectivity index is 2.09. The Morgan fingerprint density at radius 3 is 2.77 bits per heavy atom. The van der Waals surface area contributed by atoms with Gasteiger partial charge in [0.1, 0.15) is 18.1 Å². The summed E-state index contributed by atoms with van der Waals surface area (Å²) in [5.41, 5.74) is 1.66. The summed E-state index contributed by atoms with van der Waals surface area (Å²) in [6, 6.07) is 4.98. The molecule has 0 unspecified atom stereocenters. The van der Waals surface area contributed by atoms with Gasteiger partial charge in [0.05, 0.1) is 25.9 Å². The molecule has 0 aliphatic carbocycles. The summed E-state index contributed by atoms with van der Waals surface area (Å²) in [6.45, 7) is 2.26. The number of Topliss-reactive ketones (excluding diaryl/α,β-unsaturated/α-hetero) is 1. The second-order valence-electron chi connectivity index (χ2n) is 5.71. The first-order valence-corrected chi connectivity index (χ1v) is 7.07. The number of hydrogen-bond acceptors (Lipinski definition) is 4. The maximum Gasteiger partial charge on any atom is 0.232 e. The highest BCUT2D eigenvalue weighted by Gasteiger charge is 2.32. The van der Waals surface area contributed by atoms with Crippen molar-refractivity contribution < 1.29 is 24.0 Å². The molecule has 3 rings (SSSR count). The van der Waals surface area contributed by atoms with Crippen LogP contribution in [0.2, 0.25) is 0 Å². The zero-order valence-electron chi connectivity index (χ0n) is 12.7. The van der Waals surface area contributed by atoms with Crippen LogP contribution in [0.3, 0.4) is 0 Å². The lowest BCUT2D eigenvalue weighted by Crippen LogP contribution is -3.04. The van der Waals surface area contributed by atoms with Gasteiger partial charge >= 0.3 is 0 Å². The minimum absolute atomic E-state index is 0.0931. The molecule has 2 aromatic rings. The van der Waals surface area contributed by atoms with Crippen molar-refractivity contribution in [1.82, 2.24) is 0 Å². The third-order valence-electron chi connectivity index (χ3n) is 3.55. The molecule has 0 saturated heterocycles. The molecule has 0 bridgehead atoms. The lowest BCUT2D eigenvalue weighted by atomic mass is 9.99. The van der Waals surface area contributed by atoms with Gasteiger partial charge in [0.2, 0.25) is 5.78 Å². The zero-order valence-corrected chi connectivity index (χ0v) is 12.7. The van der Waals surface area contributed by atoms with E-state index in [-0.39, 0.29) is 17.3 Å². The molecule has 114 valence electrons. The third-order valence-corrected chi connectivity index (χ3v) is 3.55. The third kappa shape index (κ3) is 2.40. The van der Waals surface area contributed by atoms with Crippen LogP contribution in [-0.4, -0.2) is 19.9 Å². The number of nitrogens with one attached hydrogen (secondary N) is 1. The van der Waals surface area contributed by atoms with Crippen molar-refractivity contribution in [1.29, 1.82) is 0 Å². The minimum atomic E-state index is -0.209. The number of fused-ring (bicyclic) bond motifs is 1. The van der Waals surface area contributed by atoms with E-state index in [1.165, 1.54) is 12.3 Å². The Bertz CT molecular complexity index is 757. The van der Waals surface area contributed by atoms with Gasteiger partial charge in [-0.2, -0.15) is 0 Å². The zero-order chi connectivity index (χ0) is 15.9. The number of quaternary nitrogens is 1. The van der Waals surface area contributed by atoms with Crippen molar-refractivity contribution >= 4 is 11.9 Å². The van der Waals surface area contributed by atoms with Gasteiger partial charge in [0, 0.05) is 11.6 Å². The van der Waals surface area contributed by atoms with E-state index in [9.17, 15) is 9.90 Å². The van der Waals surface area contributed by atoms with Crippen LogP contribution in [0.5, 0.6) is 11.5 Å². The Morgan fingerprint density at radius 2 is 2.14 bits per heavy atom. The van der Waals surface area contributed by atoms with Gasteiger partial charge < -0.3 is 19.2 Å². The number of furan rings is 1. The van der Waals surface area contributed by atoms with Crippen LogP contribution in [0.4, 0.5) is 0 Å². The van der Waals surface area contributed by atoms with Gasteiger partial charge in [-0.25, -0.2) is 0 Å². The van der Waals surface area contributed by atoms with Gasteiger partial charge in [-0.3, -0.25) is 4.79 Å². The Morgan fingerprint density at radius 1 is 1.36 bits per heavy atom. The number of ketones is 1. The minimum Gasteiger partial charge on any atom is -0.872 e. The fourth-order valence-corrected chi connectivity index (χ4v) is 2.59. The first-order chi connectivity index (χ1) is 10.5. The molecule has 22 heavy (non-hydrogen) atoms. The van der Waals surface area contributed by atoms with Crippen molar-refractivity contribution in [3.63, 3.8) is 0 Å². The maximum atomic E-state index is 12.5. The topological polar surface area (TPSA) is 66.9 Å². The number of carbonyl (C=O) groups is 1. The summed E-state index contributed by atoms with van der Waals surface area (Å²) >= 11 is 0. The number of ether oxygens (including phenoxy) is 1. The molecular weight excluding hydrogens is 282 g/mol. The maximum absolute atomic E-state index is 12.5. The van der Waals surface area contributed by atoms with Crippen LogP contribution < -0.4 is 14.7 Å². The van der Waals surface area contributed by atoms with Crippen molar-refractivity contribution in [3.8, 4) is 11.5 Å². The van der Waals surface area contributed by atoms with Crippen LogP contribution >= 0.6 is 0 Å². The highest BCUT2D eigenvalue weighted by atomic mass is 16.5. The van der Waals surface area contributed by atoms with Crippen LogP contribution in [0, 0.1) is 6.92 Å². The van der Waals surface area contributed by atoms with E-state index in [1.807, 2.05) is 14.1 Å². The fraction of sp³-hybridized carbons (Fsp3) is 0.235. The molecule has 0 radical (unpaired) electrons. The lowest BCUT2D eigenvalue weighted by Gasteiger charge is -2.19. The van der Waals surface area contributed by atoms with Gasteiger partial charge in [-0.1, -0.05) is 11.8 Å². The van der Waals surface area contributed by atoms with Crippen LogP contribution in [0.25, 0.3) is 6.08 Å². The van der Waals surface area contributed by atoms with E-state index in [4.69, 9.17) is 9.15 Å². The summed E-state index contributed by atoms with van der Waals surface area (Å²) in [7, 11) is 3.89. The predicted molar refractivity (Wildman–Crippen MR) is 78.8 cm³/mol. The lowest BCUT2D eigenvalue weighted by molar-refractivity contribution is -0.872. The second kappa shape index (κ2) is 5.35. The first kappa shape index (κ1) is 14.4. The molecule has 0 saturated carbocycles. The molecule has 0 atom stereocenters. The molecule has 1 aromatic carbocycles. The summed E-state index contributed by atoms with van der Waals surface area (Å²) in [6.07, 6.45) is 3.08. The molecule has 0 amide bonds. The second-order valence-corrected chi connectivity index (χ2v) is 5.71. The number of allylic oxidation sites excluding steroid dienone is 1. The van der Waals surface area contributed by atoms with Crippen molar-refractivity contribution in [2.24, 2.45) is 0 Å². The van der Waals surface area contributed by atoms with E-state index < -0.39 is 0 Å². The summed E-state index contributed by atoms with van der Waals surface area (Å²) in [5.74, 6) is 0.821. The van der Waals surface area contributed by atoms with Gasteiger partial charge in [0.25, 0.3) is 0 Å². The van der Waals surface area contributed by atoms with E-state index in [0.717, 1.165) is 4.90 Å². The fourth-order valence-electron chi connectivity index (χ4n) is 2.59. The smallest absolute Gasteiger partial charge is 0.232 e. The number of hydrogen-bond donors (Lipinski definition) is 1. The largest absolute Gasteiger partial charge is 0.872 e. The average Bonchev–Trinajstić information content (AvgIpc) is 3.04. The van der Waals surface area contributed by atoms with Crippen molar-refractivity contribution in [2.45, 2.75) is 13.5 Å². The number of aryl methyl sites for hydroxylation is 1. The van der Waals surface area contributed by atoms with E-state index >= 15 is 0 Å². The SMILES string of the molecule is Cc1cc([O-])c(C[NH+](C)C)c2c1C(=O)C(=Cc1ccco1)O2. The average molecular weight is 299 g/mol. The van der Waals surface area contributed by atoms with Gasteiger partial charge in [-0.05, 0) is 24.6 Å². The van der Waals surface area contributed by atoms with E-state index in [2.05, 4.69) is 0 Å². The molecule has 1 aromatic heterocycles.